The van der Waals surface area contributed by atoms with Gasteiger partial charge in [0, 0.05) is 12.5 Å². The zero-order valence-electron chi connectivity index (χ0n) is 13.7. The Balaban J connectivity index is 1.67. The van der Waals surface area contributed by atoms with Crippen molar-refractivity contribution in [2.75, 3.05) is 13.2 Å². The van der Waals surface area contributed by atoms with Crippen molar-refractivity contribution in [3.05, 3.63) is 59.7 Å². The lowest BCUT2D eigenvalue weighted by Gasteiger charge is -2.14. The molecule has 0 saturated heterocycles. The number of rotatable bonds is 5. The maximum Gasteiger partial charge on any atom is 0.407 e. The van der Waals surface area contributed by atoms with Gasteiger partial charge < -0.3 is 10.1 Å². The Labute approximate surface area is 137 Å². The summed E-state index contributed by atoms with van der Waals surface area (Å²) in [6.07, 6.45) is 0.636. The Morgan fingerprint density at radius 3 is 2.17 bits per heavy atom. The molecule has 0 aromatic heterocycles. The molecule has 3 nitrogen and oxygen atoms in total. The van der Waals surface area contributed by atoms with Crippen LogP contribution in [0, 0.1) is 5.92 Å². The fraction of sp³-hybridized carbons (Fsp3) is 0.350. The van der Waals surface area contributed by atoms with Crippen LogP contribution in [0.2, 0.25) is 0 Å². The summed E-state index contributed by atoms with van der Waals surface area (Å²) in [6.45, 7) is 5.31. The van der Waals surface area contributed by atoms with Crippen LogP contribution >= 0.6 is 0 Å². The summed E-state index contributed by atoms with van der Waals surface area (Å²) in [7, 11) is 0. The molecule has 0 fully saturated rings. The standard InChI is InChI=1S/C20H23NO2/c1-14(2)11-12-21-20(22)23-13-19-17-9-5-3-7-15(17)16-8-4-6-10-18(16)19/h3-10,14,19H,11-13H2,1-2H3,(H,21,22). The van der Waals surface area contributed by atoms with Gasteiger partial charge in [0.05, 0.1) is 0 Å². The Kier molecular flexibility index (Phi) is 4.65. The molecule has 1 aliphatic carbocycles. The minimum atomic E-state index is -0.326. The molecule has 0 spiro atoms. The number of amides is 1. The van der Waals surface area contributed by atoms with E-state index >= 15 is 0 Å². The molecule has 23 heavy (non-hydrogen) atoms. The fourth-order valence-electron chi connectivity index (χ4n) is 3.11. The third kappa shape index (κ3) is 3.39. The van der Waals surface area contributed by atoms with Gasteiger partial charge >= 0.3 is 6.09 Å². The number of fused-ring (bicyclic) bond motifs is 3. The second-order valence-corrected chi connectivity index (χ2v) is 6.43. The predicted octanol–water partition coefficient (Wildman–Crippen LogP) is 4.57. The summed E-state index contributed by atoms with van der Waals surface area (Å²) in [6, 6.07) is 16.7. The van der Waals surface area contributed by atoms with Crippen LogP contribution in [0.1, 0.15) is 37.3 Å². The van der Waals surface area contributed by atoms with Gasteiger partial charge in [-0.1, -0.05) is 62.4 Å². The van der Waals surface area contributed by atoms with Crippen molar-refractivity contribution in [2.45, 2.75) is 26.2 Å². The number of nitrogens with one attached hydrogen (secondary N) is 1. The third-order valence-electron chi connectivity index (χ3n) is 4.33. The van der Waals surface area contributed by atoms with Crippen molar-refractivity contribution in [1.29, 1.82) is 0 Å². The number of hydrogen-bond acceptors (Lipinski definition) is 2. The zero-order chi connectivity index (χ0) is 16.2. The van der Waals surface area contributed by atoms with E-state index in [1.807, 2.05) is 12.1 Å². The van der Waals surface area contributed by atoms with E-state index in [1.165, 1.54) is 22.3 Å². The molecule has 0 bridgehead atoms. The van der Waals surface area contributed by atoms with E-state index in [9.17, 15) is 4.79 Å². The smallest absolute Gasteiger partial charge is 0.407 e. The van der Waals surface area contributed by atoms with Gasteiger partial charge in [-0.05, 0) is 34.6 Å². The molecular weight excluding hydrogens is 286 g/mol. The lowest BCUT2D eigenvalue weighted by Crippen LogP contribution is -2.27. The molecule has 0 unspecified atom stereocenters. The van der Waals surface area contributed by atoms with E-state index in [-0.39, 0.29) is 12.0 Å². The maximum atomic E-state index is 11.9. The lowest BCUT2D eigenvalue weighted by atomic mass is 9.98. The summed E-state index contributed by atoms with van der Waals surface area (Å²) in [5.74, 6) is 0.696. The summed E-state index contributed by atoms with van der Waals surface area (Å²) < 4.78 is 5.47. The van der Waals surface area contributed by atoms with E-state index in [2.05, 4.69) is 55.6 Å². The highest BCUT2D eigenvalue weighted by Crippen LogP contribution is 2.44. The van der Waals surface area contributed by atoms with Crippen LogP contribution in [-0.2, 0) is 4.74 Å². The second kappa shape index (κ2) is 6.86. The number of carbonyl (C=O) groups excluding carboxylic acids is 1. The van der Waals surface area contributed by atoms with Gasteiger partial charge in [0.15, 0.2) is 0 Å². The molecule has 0 heterocycles. The fourth-order valence-corrected chi connectivity index (χ4v) is 3.11. The number of hydrogen-bond donors (Lipinski definition) is 1. The van der Waals surface area contributed by atoms with E-state index in [0.29, 0.717) is 19.1 Å². The van der Waals surface area contributed by atoms with Gasteiger partial charge in [0.25, 0.3) is 0 Å². The summed E-state index contributed by atoms with van der Waals surface area (Å²) in [5.41, 5.74) is 4.97. The van der Waals surface area contributed by atoms with Gasteiger partial charge in [-0.2, -0.15) is 0 Å². The van der Waals surface area contributed by atoms with Crippen LogP contribution in [0.3, 0.4) is 0 Å². The van der Waals surface area contributed by atoms with Crippen molar-refractivity contribution in [3.8, 4) is 11.1 Å². The molecular formula is C20H23NO2. The lowest BCUT2D eigenvalue weighted by molar-refractivity contribution is 0.142. The van der Waals surface area contributed by atoms with Crippen LogP contribution in [0.15, 0.2) is 48.5 Å². The van der Waals surface area contributed by atoms with Crippen molar-refractivity contribution in [1.82, 2.24) is 5.32 Å². The van der Waals surface area contributed by atoms with Crippen molar-refractivity contribution >= 4 is 6.09 Å². The highest BCUT2D eigenvalue weighted by Gasteiger charge is 2.28. The molecule has 1 aliphatic rings. The molecule has 1 N–H and O–H groups in total. The molecule has 3 heteroatoms. The molecule has 120 valence electrons. The number of carbonyl (C=O) groups is 1. The Morgan fingerprint density at radius 2 is 1.61 bits per heavy atom. The molecule has 2 aromatic rings. The monoisotopic (exact) mass is 309 g/mol. The molecule has 3 rings (SSSR count). The molecule has 0 radical (unpaired) electrons. The van der Waals surface area contributed by atoms with Crippen LogP contribution in [0.5, 0.6) is 0 Å². The van der Waals surface area contributed by atoms with Crippen LogP contribution < -0.4 is 5.32 Å². The molecule has 1 amide bonds. The topological polar surface area (TPSA) is 38.3 Å². The molecule has 0 saturated carbocycles. The molecule has 0 atom stereocenters. The zero-order valence-corrected chi connectivity index (χ0v) is 13.7. The Hall–Kier alpha value is -2.29. The van der Waals surface area contributed by atoms with Gasteiger partial charge in [-0.15, -0.1) is 0 Å². The average Bonchev–Trinajstić information content (AvgIpc) is 2.87. The summed E-state index contributed by atoms with van der Waals surface area (Å²) >= 11 is 0. The van der Waals surface area contributed by atoms with Crippen molar-refractivity contribution in [3.63, 3.8) is 0 Å². The van der Waals surface area contributed by atoms with Crippen LogP contribution in [0.4, 0.5) is 4.79 Å². The van der Waals surface area contributed by atoms with E-state index in [1.54, 1.807) is 0 Å². The minimum Gasteiger partial charge on any atom is -0.449 e. The second-order valence-electron chi connectivity index (χ2n) is 6.43. The largest absolute Gasteiger partial charge is 0.449 e. The third-order valence-corrected chi connectivity index (χ3v) is 4.33. The van der Waals surface area contributed by atoms with Crippen LogP contribution in [-0.4, -0.2) is 19.2 Å². The Bertz CT molecular complexity index is 648. The number of benzene rings is 2. The van der Waals surface area contributed by atoms with Gasteiger partial charge in [-0.25, -0.2) is 4.79 Å². The SMILES string of the molecule is CC(C)CCNC(=O)OCC1c2ccccc2-c2ccccc21. The number of alkyl carbamates (subject to hydrolysis) is 1. The summed E-state index contributed by atoms with van der Waals surface area (Å²) in [5, 5.41) is 2.82. The first-order valence-corrected chi connectivity index (χ1v) is 8.25. The first kappa shape index (κ1) is 15.6. The van der Waals surface area contributed by atoms with Gasteiger partial charge in [-0.3, -0.25) is 0 Å². The minimum absolute atomic E-state index is 0.123. The quantitative estimate of drug-likeness (QED) is 0.878. The van der Waals surface area contributed by atoms with Crippen molar-refractivity contribution < 1.29 is 9.53 Å². The van der Waals surface area contributed by atoms with Gasteiger partial charge in [0.2, 0.25) is 0 Å². The van der Waals surface area contributed by atoms with E-state index < -0.39 is 0 Å². The van der Waals surface area contributed by atoms with Crippen LogP contribution in [0.25, 0.3) is 11.1 Å². The van der Waals surface area contributed by atoms with Crippen molar-refractivity contribution in [2.24, 2.45) is 5.92 Å². The highest BCUT2D eigenvalue weighted by atomic mass is 16.5. The number of ether oxygens (including phenoxy) is 1. The average molecular weight is 309 g/mol. The van der Waals surface area contributed by atoms with Gasteiger partial charge in [0.1, 0.15) is 6.61 Å². The Morgan fingerprint density at radius 1 is 1.04 bits per heavy atom. The maximum absolute atomic E-state index is 11.9. The first-order chi connectivity index (χ1) is 11.2. The molecule has 0 aliphatic heterocycles. The van der Waals surface area contributed by atoms with E-state index in [4.69, 9.17) is 4.74 Å². The highest BCUT2D eigenvalue weighted by molar-refractivity contribution is 5.79. The summed E-state index contributed by atoms with van der Waals surface area (Å²) in [4.78, 5) is 11.9. The predicted molar refractivity (Wildman–Crippen MR) is 92.5 cm³/mol. The molecule has 2 aromatic carbocycles. The normalized spacial score (nSPS) is 12.8. The van der Waals surface area contributed by atoms with E-state index in [0.717, 1.165) is 6.42 Å². The first-order valence-electron chi connectivity index (χ1n) is 8.25.